The number of esters is 1. The molecule has 3 aliphatic heterocycles. The first-order valence-corrected chi connectivity index (χ1v) is 23.4. The predicted octanol–water partition coefficient (Wildman–Crippen LogP) is -1.15. The quantitative estimate of drug-likeness (QED) is 0.0521. The molecule has 0 radical (unpaired) electrons. The Kier molecular flexibility index (Phi) is 27.5. The van der Waals surface area contributed by atoms with Crippen LogP contribution in [0.4, 0.5) is 0 Å². The normalized spacial score (nSPS) is 42.7. The molecule has 22 nitrogen and oxygen atoms in total. The van der Waals surface area contributed by atoms with Crippen molar-refractivity contribution in [3.8, 4) is 0 Å². The second-order valence-corrected chi connectivity index (χ2v) is 18.1. The van der Waals surface area contributed by atoms with Gasteiger partial charge in [-0.2, -0.15) is 0 Å². The van der Waals surface area contributed by atoms with Crippen LogP contribution in [0, 0.1) is 17.8 Å². The molecule has 0 aromatic carbocycles. The van der Waals surface area contributed by atoms with E-state index in [9.17, 15) is 65.8 Å². The van der Waals surface area contributed by atoms with Crippen molar-refractivity contribution in [1.82, 2.24) is 0 Å². The van der Waals surface area contributed by atoms with Gasteiger partial charge in [0.1, 0.15) is 18.1 Å². The summed E-state index contributed by atoms with van der Waals surface area (Å²) >= 11 is 0. The molecule has 0 amide bonds. The number of carboxylic acid groups (broad SMARTS) is 1. The molecule has 0 spiro atoms. The Morgan fingerprint density at radius 2 is 1.23 bits per heavy atom. The van der Waals surface area contributed by atoms with Crippen LogP contribution in [0.25, 0.3) is 0 Å². The van der Waals surface area contributed by atoms with Crippen LogP contribution < -0.4 is 23.0 Å². The minimum Gasteiger partial charge on any atom is -0.481 e. The second-order valence-electron chi connectivity index (χ2n) is 18.1. The van der Waals surface area contributed by atoms with Crippen molar-refractivity contribution in [3.05, 3.63) is 85.1 Å². The summed E-state index contributed by atoms with van der Waals surface area (Å²) in [5, 5.41) is 121. The summed E-state index contributed by atoms with van der Waals surface area (Å²) < 4.78 is 23.1. The largest absolute Gasteiger partial charge is 0.481 e. The number of hydrogen-bond donors (Lipinski definition) is 15. The number of aliphatic carboxylic acids is 1. The van der Waals surface area contributed by atoms with E-state index in [0.29, 0.717) is 0 Å². The SMILES string of the molecule is C[C@@H]1[C@H](O)[C@@H](C)\C=C/C=C/C=C/C=C/C=C/C=C/C=C/[C@H](O[C@@H]2O[C@H](C)[C@@H](O)[C@H](N)[C@@H]2O)C[C@@H]2O[C@](O)(C[C@@H](O)C[C@@H](O)[C@H](O)CC[C@@H](O)C[C@@H](O)CC(=O)O[C@H]1C)C[C@H](O)[C@H]2C(=O)O.NN=C(N)N. The highest BCUT2D eigenvalue weighted by atomic mass is 16.7. The van der Waals surface area contributed by atoms with E-state index in [1.807, 2.05) is 19.1 Å². The molecule has 0 saturated carbocycles. The summed E-state index contributed by atoms with van der Waals surface area (Å²) in [6, 6.07) is -1.15. The molecule has 0 unspecified atom stereocenters. The Morgan fingerprint density at radius 3 is 1.77 bits per heavy atom. The Balaban J connectivity index is 0.00000319. The van der Waals surface area contributed by atoms with E-state index in [4.69, 9.17) is 36.1 Å². The number of fused-ring (bicyclic) bond motifs is 2. The average molecular weight is 998 g/mol. The van der Waals surface area contributed by atoms with Gasteiger partial charge in [0.15, 0.2) is 12.1 Å². The first kappa shape index (κ1) is 61.7. The lowest BCUT2D eigenvalue weighted by Crippen LogP contribution is -2.61. The number of nitrogens with zero attached hydrogens (tertiary/aromatic N) is 1. The number of ether oxygens (including phenoxy) is 4. The number of carbonyl (C=O) groups excluding carboxylic acids is 1. The van der Waals surface area contributed by atoms with Gasteiger partial charge in [-0.05, 0) is 33.1 Å². The number of aliphatic hydroxyl groups excluding tert-OH is 9. The van der Waals surface area contributed by atoms with Gasteiger partial charge in [-0.3, -0.25) is 9.59 Å². The summed E-state index contributed by atoms with van der Waals surface area (Å²) in [6.45, 7) is 6.74. The number of hydrazone groups is 1. The zero-order chi connectivity index (χ0) is 52.7. The van der Waals surface area contributed by atoms with Crippen molar-refractivity contribution in [2.75, 3.05) is 0 Å². The summed E-state index contributed by atoms with van der Waals surface area (Å²) in [6.07, 6.45) is 3.46. The Hall–Kier alpha value is -4.37. The van der Waals surface area contributed by atoms with E-state index in [2.05, 4.69) is 10.9 Å². The first-order valence-electron chi connectivity index (χ1n) is 23.4. The number of allylic oxidation sites excluding steroid dienone is 12. The summed E-state index contributed by atoms with van der Waals surface area (Å²) in [5.41, 5.74) is 15.4. The molecule has 398 valence electrons. The minimum absolute atomic E-state index is 0.0926. The standard InChI is InChI=1S/C47H73NO17.CH6N4/c1-27-17-15-13-11-9-7-5-6-8-10-12-14-16-18-34(64-46-44(58)41(48)43(57)30(4)63-46)24-38-40(45(59)60)37(54)26-47(61,65-38)25-33(51)22-36(53)35(52)20-19-31(49)21-32(50)23-39(55)62-29(3)28(2)42(27)56;2-1(3)5-4/h5-18,27-38,40-44,46,49-54,56-58,61H,19-26,48H2,1-4H3,(H,59,60);4H2,(H4,2,3,5)/b6-5+,9-7+,10-8+,13-11+,14-12+,17-15-,18-16+;/t27-,28-,29-,30+,31+,32+,33-,34-,35+,36+,37-,38-,40+,41-,42+,43+,44-,46-,47+;/m0./s1. The average Bonchev–Trinajstić information content (AvgIpc) is 3.27. The van der Waals surface area contributed by atoms with Crippen molar-refractivity contribution in [2.45, 2.75) is 177 Å². The van der Waals surface area contributed by atoms with Crippen LogP contribution in [0.5, 0.6) is 0 Å². The summed E-state index contributed by atoms with van der Waals surface area (Å²) in [5.74, 6) is -2.41. The Bertz CT molecular complexity index is 1810. The summed E-state index contributed by atoms with van der Waals surface area (Å²) in [7, 11) is 0. The van der Waals surface area contributed by atoms with Gasteiger partial charge in [0.2, 0.25) is 5.96 Å². The Labute approximate surface area is 409 Å². The molecule has 0 aromatic rings. The molecule has 3 heterocycles. The highest BCUT2D eigenvalue weighted by Gasteiger charge is 2.51. The monoisotopic (exact) mass is 998 g/mol. The third-order valence-electron chi connectivity index (χ3n) is 12.2. The van der Waals surface area contributed by atoms with Crippen LogP contribution >= 0.6 is 0 Å². The second kappa shape index (κ2) is 31.2. The van der Waals surface area contributed by atoms with Crippen molar-refractivity contribution < 1.29 is 84.7 Å². The summed E-state index contributed by atoms with van der Waals surface area (Å²) in [4.78, 5) is 25.1. The van der Waals surface area contributed by atoms with Crippen LogP contribution in [0.3, 0.4) is 0 Å². The highest BCUT2D eigenvalue weighted by molar-refractivity contribution is 5.75. The minimum atomic E-state index is -2.33. The van der Waals surface area contributed by atoms with Crippen molar-refractivity contribution >= 4 is 17.9 Å². The molecule has 2 saturated heterocycles. The van der Waals surface area contributed by atoms with E-state index in [1.54, 1.807) is 80.7 Å². The molecule has 19 N–H and O–H groups in total. The van der Waals surface area contributed by atoms with E-state index in [0.717, 1.165) is 0 Å². The van der Waals surface area contributed by atoms with Crippen LogP contribution in [0.1, 0.15) is 79.1 Å². The predicted molar refractivity (Wildman–Crippen MR) is 257 cm³/mol. The fourth-order valence-corrected chi connectivity index (χ4v) is 7.97. The smallest absolute Gasteiger partial charge is 0.311 e. The van der Waals surface area contributed by atoms with Gasteiger partial charge in [0.25, 0.3) is 0 Å². The maximum atomic E-state index is 12.6. The first-order chi connectivity index (χ1) is 32.9. The van der Waals surface area contributed by atoms with E-state index < -0.39 is 147 Å². The van der Waals surface area contributed by atoms with Gasteiger partial charge in [0, 0.05) is 37.5 Å². The topological polar surface area (TPSA) is 410 Å². The van der Waals surface area contributed by atoms with Gasteiger partial charge in [-0.25, -0.2) is 0 Å². The number of nitrogens with two attached hydrogens (primary N) is 4. The molecule has 0 aromatic heterocycles. The van der Waals surface area contributed by atoms with E-state index in [-0.39, 0.29) is 37.6 Å². The van der Waals surface area contributed by atoms with Crippen LogP contribution in [-0.4, -0.2) is 172 Å². The van der Waals surface area contributed by atoms with Crippen LogP contribution in [0.15, 0.2) is 90.2 Å². The maximum absolute atomic E-state index is 12.6. The molecule has 2 fully saturated rings. The number of cyclic esters (lactones) is 1. The van der Waals surface area contributed by atoms with Crippen molar-refractivity contribution in [3.63, 3.8) is 0 Å². The maximum Gasteiger partial charge on any atom is 0.311 e. The molecule has 70 heavy (non-hydrogen) atoms. The van der Waals surface area contributed by atoms with Crippen molar-refractivity contribution in [2.24, 2.45) is 45.9 Å². The lowest BCUT2D eigenvalue weighted by molar-refractivity contribution is -0.308. The fraction of sp³-hybridized carbons (Fsp3) is 0.646. The third kappa shape index (κ3) is 22.0. The number of rotatable bonds is 3. The van der Waals surface area contributed by atoms with Gasteiger partial charge in [-0.1, -0.05) is 98.9 Å². The highest BCUT2D eigenvalue weighted by Crippen LogP contribution is 2.38. The third-order valence-corrected chi connectivity index (χ3v) is 12.2. The van der Waals surface area contributed by atoms with Gasteiger partial charge in [-0.15, -0.1) is 5.10 Å². The fourth-order valence-electron chi connectivity index (χ4n) is 7.97. The molecular weight excluding hydrogens is 919 g/mol. The molecule has 0 aliphatic carbocycles. The lowest BCUT2D eigenvalue weighted by Gasteiger charge is -2.45. The molecule has 2 bridgehead atoms. The van der Waals surface area contributed by atoms with Crippen LogP contribution in [0.2, 0.25) is 0 Å². The number of carbonyl (C=O) groups is 2. The van der Waals surface area contributed by atoms with E-state index in [1.165, 1.54) is 13.0 Å². The lowest BCUT2D eigenvalue weighted by atomic mass is 9.82. The molecular formula is C48H79N5O17. The van der Waals surface area contributed by atoms with E-state index >= 15 is 0 Å². The zero-order valence-electron chi connectivity index (χ0n) is 40.3. The van der Waals surface area contributed by atoms with Crippen molar-refractivity contribution in [1.29, 1.82) is 0 Å². The van der Waals surface area contributed by atoms with Gasteiger partial charge in [0.05, 0.1) is 79.6 Å². The number of carboxylic acids is 1. The number of aliphatic hydroxyl groups is 10. The zero-order valence-corrected chi connectivity index (χ0v) is 40.3. The Morgan fingerprint density at radius 1 is 0.686 bits per heavy atom. The molecule has 3 rings (SSSR count). The van der Waals surface area contributed by atoms with Crippen LogP contribution in [-0.2, 0) is 28.5 Å². The molecule has 22 heteroatoms. The molecule has 19 atom stereocenters. The van der Waals surface area contributed by atoms with Gasteiger partial charge >= 0.3 is 11.9 Å². The number of guanidine groups is 1. The number of hydrogen-bond acceptors (Lipinski definition) is 19. The molecule has 3 aliphatic rings. The van der Waals surface area contributed by atoms with Gasteiger partial charge < -0.3 is 98.2 Å².